The van der Waals surface area contributed by atoms with Crippen LogP contribution in [0, 0.1) is 43.0 Å². The molecule has 44 valence electrons. The maximum absolute atomic E-state index is 8.25. The summed E-state index contributed by atoms with van der Waals surface area (Å²) in [6.07, 6.45) is 0. The summed E-state index contributed by atoms with van der Waals surface area (Å²) in [6, 6.07) is 3.22. The van der Waals surface area contributed by atoms with Gasteiger partial charge in [0.15, 0.2) is 0 Å². The van der Waals surface area contributed by atoms with Crippen LogP contribution in [0.5, 0.6) is 0 Å². The van der Waals surface area contributed by atoms with Gasteiger partial charge in [-0.05, 0) is 9.86 Å². The summed E-state index contributed by atoms with van der Waals surface area (Å²) in [5.41, 5.74) is 0. The molecule has 0 saturated carbocycles. The van der Waals surface area contributed by atoms with E-state index in [-0.39, 0.29) is 0 Å². The third-order valence-corrected chi connectivity index (χ3v) is 2.41. The van der Waals surface area contributed by atoms with E-state index in [0.29, 0.717) is 0 Å². The predicted octanol–water partition coefficient (Wildman–Crippen LogP) is 0.0241. The van der Waals surface area contributed by atoms with Gasteiger partial charge in [-0.25, -0.2) is 10.5 Å². The van der Waals surface area contributed by atoms with Crippen molar-refractivity contribution in [3.05, 3.63) is 0 Å². The molecule has 0 atom stereocenters. The lowest BCUT2D eigenvalue weighted by Gasteiger charge is -1.86. The van der Waals surface area contributed by atoms with Gasteiger partial charge in [0.1, 0.15) is 4.78 Å². The van der Waals surface area contributed by atoms with E-state index in [1.807, 2.05) is 0 Å². The second-order valence-corrected chi connectivity index (χ2v) is 3.61. The summed E-state index contributed by atoms with van der Waals surface area (Å²) >= 11 is -2.42. The molecule has 0 N–H and O–H groups in total. The topological polar surface area (TPSA) is 95.2 Å². The van der Waals surface area contributed by atoms with Gasteiger partial charge in [-0.15, -0.1) is 0 Å². The Morgan fingerprint density at radius 1 is 0.900 bits per heavy atom. The van der Waals surface area contributed by atoms with Crippen LogP contribution in [0.15, 0.2) is 0 Å². The summed E-state index contributed by atoms with van der Waals surface area (Å²) in [6.45, 7) is 0. The Kier molecular flexibility index (Phi) is 3.72. The van der Waals surface area contributed by atoms with Gasteiger partial charge in [0, 0.05) is 0 Å². The van der Waals surface area contributed by atoms with Crippen molar-refractivity contribution >= 4 is 14.1 Å². The fourth-order valence-electron chi connectivity index (χ4n) is 0.356. The van der Waals surface area contributed by atoms with Crippen molar-refractivity contribution in [2.75, 3.05) is 0 Å². The highest BCUT2D eigenvalue weighted by molar-refractivity contribution is 6.76. The van der Waals surface area contributed by atoms with E-state index < -0.39 is 18.9 Å². The lowest BCUT2D eigenvalue weighted by molar-refractivity contribution is 1.30. The number of hydrogen-bond acceptors (Lipinski definition) is 4. The van der Waals surface area contributed by atoms with Crippen LogP contribution in [0.2, 0.25) is 4.78 Å². The Balaban J connectivity index is 4.40. The summed E-state index contributed by atoms with van der Waals surface area (Å²) in [4.78, 5) is 3.37. The average molecular weight is 144 g/mol. The van der Waals surface area contributed by atoms with Crippen LogP contribution in [0.3, 0.4) is 0 Å². The fraction of sp³-hybridized carbons (Fsp3) is 0.200. The van der Waals surface area contributed by atoms with E-state index in [9.17, 15) is 0 Å². The van der Waals surface area contributed by atoms with E-state index >= 15 is 0 Å². The molecule has 0 aliphatic carbocycles. The van der Waals surface area contributed by atoms with Gasteiger partial charge in [0.2, 0.25) is 0 Å². The average Bonchev–Trinajstić information content (AvgIpc) is 2.00. The Bertz CT molecular complexity index is 212. The summed E-state index contributed by atoms with van der Waals surface area (Å²) in [5, 5.41) is 32.9. The molecule has 10 heavy (non-hydrogen) atoms. The molecular formula is C5HAlN4. The molecule has 0 bridgehead atoms. The molecule has 0 spiro atoms. The van der Waals surface area contributed by atoms with Crippen molar-refractivity contribution in [2.24, 2.45) is 0 Å². The van der Waals surface area contributed by atoms with Crippen LogP contribution >= 0.6 is 0 Å². The molecule has 0 radical (unpaired) electrons. The SMILES string of the molecule is N#C[CH](C#N)[Al]([C]#N)[C]#N. The van der Waals surface area contributed by atoms with Crippen molar-refractivity contribution in [3.63, 3.8) is 0 Å². The maximum Gasteiger partial charge on any atom is 0.597 e. The molecule has 0 aromatic rings. The summed E-state index contributed by atoms with van der Waals surface area (Å²) < 4.78 is -0.991. The minimum Gasteiger partial charge on any atom is -0.223 e. The lowest BCUT2D eigenvalue weighted by Crippen LogP contribution is -2.13. The lowest BCUT2D eigenvalue weighted by atomic mass is 10.5. The fourth-order valence-corrected chi connectivity index (χ4v) is 1.01. The molecule has 0 aliphatic rings. The molecule has 0 aliphatic heterocycles. The normalized spacial score (nSPS) is 6.50. The van der Waals surface area contributed by atoms with Gasteiger partial charge in [-0.3, -0.25) is 0 Å². The molecule has 0 amide bonds. The third-order valence-electron chi connectivity index (χ3n) is 0.890. The van der Waals surface area contributed by atoms with Crippen molar-refractivity contribution in [1.29, 1.82) is 21.0 Å². The summed E-state index contributed by atoms with van der Waals surface area (Å²) in [7, 11) is 0. The second kappa shape index (κ2) is 4.38. The van der Waals surface area contributed by atoms with Crippen molar-refractivity contribution in [3.8, 4) is 22.0 Å². The number of nitrogens with zero attached hydrogens (tertiary/aromatic N) is 4. The van der Waals surface area contributed by atoms with Crippen LogP contribution in [0.1, 0.15) is 0 Å². The zero-order valence-corrected chi connectivity index (χ0v) is 6.10. The Morgan fingerprint density at radius 2 is 1.30 bits per heavy atom. The third kappa shape index (κ3) is 1.78. The molecular weight excluding hydrogens is 143 g/mol. The van der Waals surface area contributed by atoms with E-state index in [1.54, 1.807) is 22.0 Å². The molecule has 5 heteroatoms. The first-order chi connectivity index (χ1) is 4.79. The van der Waals surface area contributed by atoms with Crippen molar-refractivity contribution in [2.45, 2.75) is 4.78 Å². The van der Waals surface area contributed by atoms with E-state index in [2.05, 4.69) is 0 Å². The number of hydrogen-bond donors (Lipinski definition) is 0. The Morgan fingerprint density at radius 3 is 1.40 bits per heavy atom. The van der Waals surface area contributed by atoms with Crippen LogP contribution in [-0.2, 0) is 0 Å². The zero-order valence-electron chi connectivity index (χ0n) is 4.94. The highest BCUT2D eigenvalue weighted by atomic mass is 27.2. The molecule has 0 fully saturated rings. The second-order valence-electron chi connectivity index (χ2n) is 1.47. The van der Waals surface area contributed by atoms with E-state index in [4.69, 9.17) is 21.0 Å². The largest absolute Gasteiger partial charge is 0.597 e. The Hall–Kier alpha value is -1.51. The van der Waals surface area contributed by atoms with E-state index in [1.165, 1.54) is 0 Å². The molecule has 0 saturated heterocycles. The summed E-state index contributed by atoms with van der Waals surface area (Å²) in [5.74, 6) is 0. The van der Waals surface area contributed by atoms with Gasteiger partial charge < -0.3 is 0 Å². The molecule has 0 unspecified atom stereocenters. The minimum absolute atomic E-state index is 0.991. The Labute approximate surface area is 62.5 Å². The minimum atomic E-state index is -2.42. The van der Waals surface area contributed by atoms with Crippen LogP contribution in [0.25, 0.3) is 0 Å². The van der Waals surface area contributed by atoms with Gasteiger partial charge in [0.25, 0.3) is 0 Å². The highest BCUT2D eigenvalue weighted by Gasteiger charge is 2.31. The molecule has 0 aromatic carbocycles. The van der Waals surface area contributed by atoms with Crippen molar-refractivity contribution < 1.29 is 0 Å². The van der Waals surface area contributed by atoms with Gasteiger partial charge >= 0.3 is 14.1 Å². The smallest absolute Gasteiger partial charge is 0.223 e. The molecule has 0 heterocycles. The quantitative estimate of drug-likeness (QED) is 0.484. The van der Waals surface area contributed by atoms with Gasteiger partial charge in [-0.2, -0.15) is 10.5 Å². The number of rotatable bonds is 1. The van der Waals surface area contributed by atoms with Crippen molar-refractivity contribution in [1.82, 2.24) is 0 Å². The van der Waals surface area contributed by atoms with Crippen LogP contribution < -0.4 is 0 Å². The first-order valence-corrected chi connectivity index (χ1v) is 4.20. The van der Waals surface area contributed by atoms with Crippen LogP contribution in [0.4, 0.5) is 0 Å². The maximum atomic E-state index is 8.25. The monoisotopic (exact) mass is 144 g/mol. The van der Waals surface area contributed by atoms with Gasteiger partial charge in [0.05, 0.1) is 12.1 Å². The first-order valence-electron chi connectivity index (χ1n) is 2.38. The van der Waals surface area contributed by atoms with Gasteiger partial charge in [-0.1, -0.05) is 0 Å². The van der Waals surface area contributed by atoms with Crippen LogP contribution in [-0.4, -0.2) is 14.1 Å². The number of nitriles is 4. The first kappa shape index (κ1) is 8.49. The standard InChI is InChI=1S/C3HN2.2CN.Al/c4-2-1-3-5;2*1-2;/h1H;;;. The molecule has 4 nitrogen and oxygen atoms in total. The predicted molar refractivity (Wildman–Crippen MR) is 32.0 cm³/mol. The zero-order chi connectivity index (χ0) is 7.98. The molecule has 0 rings (SSSR count). The van der Waals surface area contributed by atoms with E-state index in [0.717, 1.165) is 0 Å². The molecule has 0 aromatic heterocycles. The highest BCUT2D eigenvalue weighted by Crippen LogP contribution is 2.04.